The van der Waals surface area contributed by atoms with Gasteiger partial charge in [-0.2, -0.15) is 0 Å². The highest BCUT2D eigenvalue weighted by Gasteiger charge is 2.06. The van der Waals surface area contributed by atoms with Crippen molar-refractivity contribution in [3.05, 3.63) is 53.6 Å². The van der Waals surface area contributed by atoms with Gasteiger partial charge in [-0.15, -0.1) is 0 Å². The summed E-state index contributed by atoms with van der Waals surface area (Å²) in [6.07, 6.45) is 0.936. The molecule has 0 aliphatic carbocycles. The molecular weight excluding hydrogens is 302 g/mol. The van der Waals surface area contributed by atoms with Gasteiger partial charge < -0.3 is 14.8 Å². The van der Waals surface area contributed by atoms with E-state index < -0.39 is 0 Å². The summed E-state index contributed by atoms with van der Waals surface area (Å²) in [6, 6.07) is 14.3. The lowest BCUT2D eigenvalue weighted by Gasteiger charge is -2.10. The summed E-state index contributed by atoms with van der Waals surface area (Å²) in [7, 11) is 0. The fraction of sp³-hybridized carbons (Fsp3) is 0.235. The summed E-state index contributed by atoms with van der Waals surface area (Å²) in [5, 5.41) is 3.19. The van der Waals surface area contributed by atoms with E-state index >= 15 is 0 Å². The first-order valence-electron chi connectivity index (χ1n) is 7.09. The SMILES string of the molecule is CCCOc1cccc(OCC(=O)Nc2ccccc2Cl)c1. The molecule has 0 fully saturated rings. The van der Waals surface area contributed by atoms with Crippen molar-refractivity contribution in [1.29, 1.82) is 0 Å². The predicted octanol–water partition coefficient (Wildman–Crippen LogP) is 4.15. The van der Waals surface area contributed by atoms with Crippen molar-refractivity contribution in [1.82, 2.24) is 0 Å². The Morgan fingerprint density at radius 3 is 2.55 bits per heavy atom. The highest BCUT2D eigenvalue weighted by atomic mass is 35.5. The predicted molar refractivity (Wildman–Crippen MR) is 87.8 cm³/mol. The van der Waals surface area contributed by atoms with Gasteiger partial charge >= 0.3 is 0 Å². The van der Waals surface area contributed by atoms with Crippen LogP contribution in [0.4, 0.5) is 5.69 Å². The van der Waals surface area contributed by atoms with Crippen LogP contribution < -0.4 is 14.8 Å². The van der Waals surface area contributed by atoms with Gasteiger partial charge in [0.25, 0.3) is 5.91 Å². The second kappa shape index (κ2) is 8.29. The average molecular weight is 320 g/mol. The van der Waals surface area contributed by atoms with Crippen LogP contribution in [0.5, 0.6) is 11.5 Å². The molecule has 0 radical (unpaired) electrons. The highest BCUT2D eigenvalue weighted by molar-refractivity contribution is 6.33. The van der Waals surface area contributed by atoms with Gasteiger partial charge in [-0.3, -0.25) is 4.79 Å². The van der Waals surface area contributed by atoms with Gasteiger partial charge in [-0.05, 0) is 30.7 Å². The topological polar surface area (TPSA) is 47.6 Å². The molecule has 0 aliphatic rings. The fourth-order valence-corrected chi connectivity index (χ4v) is 1.95. The maximum absolute atomic E-state index is 11.9. The van der Waals surface area contributed by atoms with Crippen molar-refractivity contribution in [3.63, 3.8) is 0 Å². The maximum atomic E-state index is 11.9. The lowest BCUT2D eigenvalue weighted by molar-refractivity contribution is -0.118. The van der Waals surface area contributed by atoms with Crippen LogP contribution in [0.2, 0.25) is 5.02 Å². The number of carbonyl (C=O) groups excluding carboxylic acids is 1. The van der Waals surface area contributed by atoms with E-state index in [-0.39, 0.29) is 12.5 Å². The molecule has 0 unspecified atom stereocenters. The zero-order valence-corrected chi connectivity index (χ0v) is 13.1. The Kier molecular flexibility index (Phi) is 6.10. The number of ether oxygens (including phenoxy) is 2. The molecule has 0 atom stereocenters. The monoisotopic (exact) mass is 319 g/mol. The highest BCUT2D eigenvalue weighted by Crippen LogP contribution is 2.21. The van der Waals surface area contributed by atoms with Crippen LogP contribution in [0.1, 0.15) is 13.3 Å². The first kappa shape index (κ1) is 16.2. The molecule has 116 valence electrons. The summed E-state index contributed by atoms with van der Waals surface area (Å²) in [4.78, 5) is 11.9. The Hall–Kier alpha value is -2.20. The smallest absolute Gasteiger partial charge is 0.262 e. The van der Waals surface area contributed by atoms with Crippen molar-refractivity contribution >= 4 is 23.2 Å². The Bertz CT molecular complexity index is 631. The minimum atomic E-state index is -0.270. The van der Waals surface area contributed by atoms with E-state index in [0.717, 1.165) is 12.2 Å². The van der Waals surface area contributed by atoms with Crippen LogP contribution in [0.15, 0.2) is 48.5 Å². The normalized spacial score (nSPS) is 10.1. The molecule has 5 heteroatoms. The van der Waals surface area contributed by atoms with E-state index in [1.54, 1.807) is 36.4 Å². The van der Waals surface area contributed by atoms with Crippen molar-refractivity contribution in [2.45, 2.75) is 13.3 Å². The molecule has 0 heterocycles. The molecule has 0 spiro atoms. The van der Waals surface area contributed by atoms with E-state index in [4.69, 9.17) is 21.1 Å². The second-order valence-corrected chi connectivity index (χ2v) is 5.05. The number of para-hydroxylation sites is 1. The summed E-state index contributed by atoms with van der Waals surface area (Å²) >= 11 is 5.98. The van der Waals surface area contributed by atoms with E-state index in [1.165, 1.54) is 0 Å². The molecule has 2 aromatic carbocycles. The van der Waals surface area contributed by atoms with Crippen LogP contribution in [0.3, 0.4) is 0 Å². The van der Waals surface area contributed by atoms with E-state index in [0.29, 0.717) is 23.1 Å². The largest absolute Gasteiger partial charge is 0.493 e. The van der Waals surface area contributed by atoms with Crippen molar-refractivity contribution in [2.75, 3.05) is 18.5 Å². The van der Waals surface area contributed by atoms with Gasteiger partial charge in [0.15, 0.2) is 6.61 Å². The molecule has 22 heavy (non-hydrogen) atoms. The third-order valence-corrected chi connectivity index (χ3v) is 3.13. The summed E-state index contributed by atoms with van der Waals surface area (Å²) < 4.78 is 11.0. The van der Waals surface area contributed by atoms with Gasteiger partial charge in [0.2, 0.25) is 0 Å². The second-order valence-electron chi connectivity index (χ2n) is 4.64. The summed E-state index contributed by atoms with van der Waals surface area (Å²) in [6.45, 7) is 2.60. The first-order chi connectivity index (χ1) is 10.7. The lowest BCUT2D eigenvalue weighted by atomic mass is 10.3. The molecule has 2 aromatic rings. The zero-order valence-electron chi connectivity index (χ0n) is 12.3. The molecule has 0 aromatic heterocycles. The third kappa shape index (κ3) is 4.97. The van der Waals surface area contributed by atoms with E-state index in [9.17, 15) is 4.79 Å². The van der Waals surface area contributed by atoms with Gasteiger partial charge in [-0.25, -0.2) is 0 Å². The van der Waals surface area contributed by atoms with Crippen molar-refractivity contribution < 1.29 is 14.3 Å². The average Bonchev–Trinajstić information content (AvgIpc) is 2.53. The lowest BCUT2D eigenvalue weighted by Crippen LogP contribution is -2.20. The van der Waals surface area contributed by atoms with Crippen molar-refractivity contribution in [3.8, 4) is 11.5 Å². The third-order valence-electron chi connectivity index (χ3n) is 2.80. The molecule has 0 bridgehead atoms. The van der Waals surface area contributed by atoms with Gasteiger partial charge in [0.1, 0.15) is 11.5 Å². The van der Waals surface area contributed by atoms with Crippen LogP contribution in [-0.4, -0.2) is 19.1 Å². The Balaban J connectivity index is 1.87. The minimum Gasteiger partial charge on any atom is -0.493 e. The number of amides is 1. The van der Waals surface area contributed by atoms with Gasteiger partial charge in [0, 0.05) is 6.07 Å². The van der Waals surface area contributed by atoms with Gasteiger partial charge in [-0.1, -0.05) is 36.7 Å². The number of benzene rings is 2. The van der Waals surface area contributed by atoms with Gasteiger partial charge in [0.05, 0.1) is 17.3 Å². The molecule has 4 nitrogen and oxygen atoms in total. The number of anilines is 1. The number of nitrogens with one attached hydrogen (secondary N) is 1. The molecular formula is C17H18ClNO3. The Morgan fingerprint density at radius 1 is 1.09 bits per heavy atom. The van der Waals surface area contributed by atoms with Crippen LogP contribution in [0, 0.1) is 0 Å². The van der Waals surface area contributed by atoms with E-state index in [1.807, 2.05) is 19.1 Å². The fourth-order valence-electron chi connectivity index (χ4n) is 1.77. The number of rotatable bonds is 7. The molecule has 0 saturated carbocycles. The molecule has 0 saturated heterocycles. The number of carbonyl (C=O) groups is 1. The quantitative estimate of drug-likeness (QED) is 0.834. The van der Waals surface area contributed by atoms with Crippen molar-refractivity contribution in [2.24, 2.45) is 0 Å². The standard InChI is InChI=1S/C17H18ClNO3/c1-2-10-21-13-6-5-7-14(11-13)22-12-17(20)19-16-9-4-3-8-15(16)18/h3-9,11H,2,10,12H2,1H3,(H,19,20). The number of halogens is 1. The first-order valence-corrected chi connectivity index (χ1v) is 7.47. The zero-order chi connectivity index (χ0) is 15.8. The van der Waals surface area contributed by atoms with E-state index in [2.05, 4.69) is 5.32 Å². The Morgan fingerprint density at radius 2 is 1.82 bits per heavy atom. The van der Waals surface area contributed by atoms with Crippen LogP contribution in [0.25, 0.3) is 0 Å². The minimum absolute atomic E-state index is 0.0948. The molecule has 1 N–H and O–H groups in total. The summed E-state index contributed by atoms with van der Waals surface area (Å²) in [5.74, 6) is 1.04. The maximum Gasteiger partial charge on any atom is 0.262 e. The molecule has 1 amide bonds. The number of hydrogen-bond donors (Lipinski definition) is 1. The molecule has 2 rings (SSSR count). The van der Waals surface area contributed by atoms with Crippen LogP contribution >= 0.6 is 11.6 Å². The molecule has 0 aliphatic heterocycles. The Labute approximate surface area is 135 Å². The number of hydrogen-bond acceptors (Lipinski definition) is 3. The summed E-state index contributed by atoms with van der Waals surface area (Å²) in [5.41, 5.74) is 0.567. The van der Waals surface area contributed by atoms with Crippen LogP contribution in [-0.2, 0) is 4.79 Å².